The lowest BCUT2D eigenvalue weighted by Gasteiger charge is -2.11. The van der Waals surface area contributed by atoms with E-state index in [0.29, 0.717) is 0 Å². The van der Waals surface area contributed by atoms with Crippen molar-refractivity contribution in [2.24, 2.45) is 7.05 Å². The Balaban J connectivity index is 2.69. The summed E-state index contributed by atoms with van der Waals surface area (Å²) in [4.78, 5) is 4.58. The summed E-state index contributed by atoms with van der Waals surface area (Å²) in [6.07, 6.45) is 2.09. The Morgan fingerprint density at radius 1 is 1.33 bits per heavy atom. The molecule has 0 unspecified atom stereocenters. The molecular formula is C11H22N4. The standard InChI is InChI=1S/C11H22N4/c1-11(2,3)10-13-9(15(5)14-10)7-6-8-12-4/h12H,6-8H2,1-5H3. The Kier molecular flexibility index (Phi) is 3.85. The van der Waals surface area contributed by atoms with Crippen LogP contribution in [0.4, 0.5) is 0 Å². The molecule has 0 aliphatic rings. The van der Waals surface area contributed by atoms with Gasteiger partial charge in [0, 0.05) is 18.9 Å². The van der Waals surface area contributed by atoms with Crippen LogP contribution in [0.1, 0.15) is 38.8 Å². The number of aryl methyl sites for hydroxylation is 2. The van der Waals surface area contributed by atoms with Crippen molar-refractivity contribution in [2.75, 3.05) is 13.6 Å². The predicted octanol–water partition coefficient (Wildman–Crippen LogP) is 1.26. The fourth-order valence-electron chi connectivity index (χ4n) is 1.38. The van der Waals surface area contributed by atoms with Crippen LogP contribution in [0, 0.1) is 0 Å². The Labute approximate surface area is 92.1 Å². The lowest BCUT2D eigenvalue weighted by atomic mass is 9.96. The second-order valence-corrected chi connectivity index (χ2v) is 4.93. The zero-order chi connectivity index (χ0) is 11.5. The van der Waals surface area contributed by atoms with E-state index in [2.05, 4.69) is 36.2 Å². The normalized spacial score (nSPS) is 12.1. The van der Waals surface area contributed by atoms with Gasteiger partial charge in [0.2, 0.25) is 0 Å². The summed E-state index contributed by atoms with van der Waals surface area (Å²) < 4.78 is 1.90. The van der Waals surface area contributed by atoms with Gasteiger partial charge in [-0.25, -0.2) is 4.98 Å². The third-order valence-electron chi connectivity index (χ3n) is 2.35. The second kappa shape index (κ2) is 4.75. The number of hydrogen-bond acceptors (Lipinski definition) is 3. The first-order valence-corrected chi connectivity index (χ1v) is 5.50. The van der Waals surface area contributed by atoms with E-state index in [-0.39, 0.29) is 5.41 Å². The SMILES string of the molecule is CNCCCc1nc(C(C)(C)C)nn1C. The Morgan fingerprint density at radius 2 is 2.00 bits per heavy atom. The van der Waals surface area contributed by atoms with Gasteiger partial charge in [0.05, 0.1) is 0 Å². The first-order chi connectivity index (χ1) is 6.95. The van der Waals surface area contributed by atoms with Crippen LogP contribution in [-0.4, -0.2) is 28.4 Å². The minimum absolute atomic E-state index is 0.0407. The van der Waals surface area contributed by atoms with Gasteiger partial charge < -0.3 is 5.32 Å². The molecule has 1 aromatic heterocycles. The maximum Gasteiger partial charge on any atom is 0.156 e. The molecule has 1 rings (SSSR count). The maximum absolute atomic E-state index is 4.58. The number of nitrogens with one attached hydrogen (secondary N) is 1. The number of hydrogen-bond donors (Lipinski definition) is 1. The Hall–Kier alpha value is -0.900. The molecule has 0 fully saturated rings. The molecule has 0 saturated carbocycles. The molecule has 0 aliphatic heterocycles. The molecule has 1 heterocycles. The van der Waals surface area contributed by atoms with Gasteiger partial charge in [0.1, 0.15) is 5.82 Å². The average molecular weight is 210 g/mol. The molecule has 0 aromatic carbocycles. The minimum Gasteiger partial charge on any atom is -0.320 e. The summed E-state index contributed by atoms with van der Waals surface area (Å²) in [6, 6.07) is 0. The van der Waals surface area contributed by atoms with E-state index in [0.717, 1.165) is 31.0 Å². The van der Waals surface area contributed by atoms with Gasteiger partial charge in [-0.1, -0.05) is 20.8 Å². The second-order valence-electron chi connectivity index (χ2n) is 4.93. The Morgan fingerprint density at radius 3 is 2.47 bits per heavy atom. The molecule has 0 bridgehead atoms. The number of rotatable bonds is 4. The summed E-state index contributed by atoms with van der Waals surface area (Å²) >= 11 is 0. The quantitative estimate of drug-likeness (QED) is 0.761. The topological polar surface area (TPSA) is 42.7 Å². The first kappa shape index (κ1) is 12.2. The smallest absolute Gasteiger partial charge is 0.156 e. The fourth-order valence-corrected chi connectivity index (χ4v) is 1.38. The highest BCUT2D eigenvalue weighted by Crippen LogP contribution is 2.18. The van der Waals surface area contributed by atoms with Gasteiger partial charge in [-0.2, -0.15) is 5.10 Å². The lowest BCUT2D eigenvalue weighted by molar-refractivity contribution is 0.538. The molecule has 0 amide bonds. The van der Waals surface area contributed by atoms with Crippen molar-refractivity contribution in [3.05, 3.63) is 11.6 Å². The summed E-state index contributed by atoms with van der Waals surface area (Å²) in [5.74, 6) is 2.01. The molecular weight excluding hydrogens is 188 g/mol. The van der Waals surface area contributed by atoms with E-state index >= 15 is 0 Å². The molecule has 15 heavy (non-hydrogen) atoms. The van der Waals surface area contributed by atoms with Crippen LogP contribution >= 0.6 is 0 Å². The van der Waals surface area contributed by atoms with Crippen LogP contribution in [0.15, 0.2) is 0 Å². The van der Waals surface area contributed by atoms with Crippen LogP contribution < -0.4 is 5.32 Å². The van der Waals surface area contributed by atoms with E-state index in [9.17, 15) is 0 Å². The zero-order valence-electron chi connectivity index (χ0n) is 10.5. The van der Waals surface area contributed by atoms with Gasteiger partial charge in [-0.15, -0.1) is 0 Å². The van der Waals surface area contributed by atoms with Gasteiger partial charge >= 0.3 is 0 Å². The van der Waals surface area contributed by atoms with Crippen molar-refractivity contribution in [3.63, 3.8) is 0 Å². The van der Waals surface area contributed by atoms with E-state index in [4.69, 9.17) is 0 Å². The molecule has 0 saturated heterocycles. The molecule has 1 aromatic rings. The van der Waals surface area contributed by atoms with Crippen molar-refractivity contribution in [3.8, 4) is 0 Å². The van der Waals surface area contributed by atoms with Crippen LogP contribution in [-0.2, 0) is 18.9 Å². The van der Waals surface area contributed by atoms with Crippen LogP contribution in [0.5, 0.6) is 0 Å². The molecule has 4 nitrogen and oxygen atoms in total. The van der Waals surface area contributed by atoms with Gasteiger partial charge in [0.25, 0.3) is 0 Å². The highest BCUT2D eigenvalue weighted by atomic mass is 15.3. The molecule has 0 spiro atoms. The monoisotopic (exact) mass is 210 g/mol. The van der Waals surface area contributed by atoms with Crippen molar-refractivity contribution in [2.45, 2.75) is 39.0 Å². The third kappa shape index (κ3) is 3.30. The molecule has 0 radical (unpaired) electrons. The van der Waals surface area contributed by atoms with Gasteiger partial charge in [0.15, 0.2) is 5.82 Å². The molecule has 0 atom stereocenters. The zero-order valence-corrected chi connectivity index (χ0v) is 10.5. The summed E-state index contributed by atoms with van der Waals surface area (Å²) in [5.41, 5.74) is 0.0407. The molecule has 1 N–H and O–H groups in total. The summed E-state index contributed by atoms with van der Waals surface area (Å²) in [7, 11) is 3.94. The van der Waals surface area contributed by atoms with E-state index in [1.807, 2.05) is 18.8 Å². The number of aromatic nitrogens is 3. The first-order valence-electron chi connectivity index (χ1n) is 5.50. The van der Waals surface area contributed by atoms with Crippen LogP contribution in [0.3, 0.4) is 0 Å². The highest BCUT2D eigenvalue weighted by Gasteiger charge is 2.20. The average Bonchev–Trinajstić information content (AvgIpc) is 2.48. The summed E-state index contributed by atoms with van der Waals surface area (Å²) in [6.45, 7) is 7.44. The lowest BCUT2D eigenvalue weighted by Crippen LogP contribution is -2.13. The van der Waals surface area contributed by atoms with E-state index < -0.39 is 0 Å². The maximum atomic E-state index is 4.58. The van der Waals surface area contributed by atoms with Crippen molar-refractivity contribution >= 4 is 0 Å². The van der Waals surface area contributed by atoms with Crippen molar-refractivity contribution in [1.29, 1.82) is 0 Å². The largest absolute Gasteiger partial charge is 0.320 e. The third-order valence-corrected chi connectivity index (χ3v) is 2.35. The van der Waals surface area contributed by atoms with E-state index in [1.165, 1.54) is 0 Å². The van der Waals surface area contributed by atoms with Crippen LogP contribution in [0.2, 0.25) is 0 Å². The minimum atomic E-state index is 0.0407. The molecule has 4 heteroatoms. The van der Waals surface area contributed by atoms with Gasteiger partial charge in [-0.05, 0) is 20.0 Å². The summed E-state index contributed by atoms with van der Waals surface area (Å²) in [5, 5.41) is 7.58. The van der Waals surface area contributed by atoms with Gasteiger partial charge in [-0.3, -0.25) is 4.68 Å². The van der Waals surface area contributed by atoms with Crippen LogP contribution in [0.25, 0.3) is 0 Å². The van der Waals surface area contributed by atoms with Crippen molar-refractivity contribution in [1.82, 2.24) is 20.1 Å². The van der Waals surface area contributed by atoms with Crippen molar-refractivity contribution < 1.29 is 0 Å². The van der Waals surface area contributed by atoms with E-state index in [1.54, 1.807) is 0 Å². The predicted molar refractivity (Wildman–Crippen MR) is 62.0 cm³/mol. The fraction of sp³-hybridized carbons (Fsp3) is 0.818. The molecule has 86 valence electrons. The highest BCUT2D eigenvalue weighted by molar-refractivity contribution is 5.03. The molecule has 0 aliphatic carbocycles. The number of nitrogens with zero attached hydrogens (tertiary/aromatic N) is 3. The Bertz CT molecular complexity index is 309.